The maximum absolute atomic E-state index is 9.75. The Bertz CT molecular complexity index is 811. The number of nitrogens with zero attached hydrogens (tertiary/aromatic N) is 4. The molecule has 0 amide bonds. The van der Waals surface area contributed by atoms with Gasteiger partial charge in [0.25, 0.3) is 0 Å². The van der Waals surface area contributed by atoms with Crippen molar-refractivity contribution in [2.24, 2.45) is 5.10 Å². The minimum absolute atomic E-state index is 0.193. The van der Waals surface area contributed by atoms with Crippen molar-refractivity contribution in [1.82, 2.24) is 14.9 Å². The van der Waals surface area contributed by atoms with E-state index in [4.69, 9.17) is 0 Å². The Morgan fingerprint density at radius 3 is 2.74 bits per heavy atom. The molecule has 0 fully saturated rings. The second-order valence-electron chi connectivity index (χ2n) is 5.04. The number of aryl methyl sites for hydroxylation is 1. The zero-order chi connectivity index (χ0) is 16.1. The number of aromatic nitrogens is 3. The van der Waals surface area contributed by atoms with Crippen LogP contribution in [0.15, 0.2) is 65.1 Å². The lowest BCUT2D eigenvalue weighted by molar-refractivity contribution is 0.474. The van der Waals surface area contributed by atoms with Crippen LogP contribution < -0.4 is 0 Å². The third-order valence-electron chi connectivity index (χ3n) is 3.25. The second kappa shape index (κ2) is 7.11. The Kier molecular flexibility index (Phi) is 4.73. The average Bonchev–Trinajstić information content (AvgIpc) is 3.01. The molecule has 0 radical (unpaired) electrons. The van der Waals surface area contributed by atoms with Crippen LogP contribution in [0.3, 0.4) is 0 Å². The lowest BCUT2D eigenvalue weighted by atomic mass is 10.2. The summed E-state index contributed by atoms with van der Waals surface area (Å²) in [6.45, 7) is 2.07. The summed E-state index contributed by atoms with van der Waals surface area (Å²) in [5.41, 5.74) is 3.12. The van der Waals surface area contributed by atoms with Gasteiger partial charge in [-0.2, -0.15) is 9.78 Å². The number of aromatic hydroxyl groups is 1. The molecule has 0 saturated heterocycles. The van der Waals surface area contributed by atoms with Crippen molar-refractivity contribution in [3.8, 4) is 5.75 Å². The van der Waals surface area contributed by atoms with Crippen LogP contribution in [-0.4, -0.2) is 26.2 Å². The molecule has 3 rings (SSSR count). The molecule has 5 nitrogen and oxygen atoms in total. The van der Waals surface area contributed by atoms with Gasteiger partial charge in [-0.15, -0.1) is 10.2 Å². The van der Waals surface area contributed by atoms with Crippen molar-refractivity contribution in [3.63, 3.8) is 0 Å². The van der Waals surface area contributed by atoms with Gasteiger partial charge in [-0.3, -0.25) is 0 Å². The van der Waals surface area contributed by atoms with Crippen LogP contribution in [0.5, 0.6) is 5.75 Å². The summed E-state index contributed by atoms with van der Waals surface area (Å²) in [6, 6.07) is 15.4. The van der Waals surface area contributed by atoms with Crippen molar-refractivity contribution in [2.45, 2.75) is 17.8 Å². The van der Waals surface area contributed by atoms with Crippen molar-refractivity contribution in [2.75, 3.05) is 0 Å². The van der Waals surface area contributed by atoms with Gasteiger partial charge in [0.05, 0.1) is 6.21 Å². The Morgan fingerprint density at radius 2 is 1.96 bits per heavy atom. The van der Waals surface area contributed by atoms with Gasteiger partial charge in [-0.05, 0) is 24.6 Å². The molecule has 0 aliphatic heterocycles. The van der Waals surface area contributed by atoms with Gasteiger partial charge in [-0.25, -0.2) is 0 Å². The molecule has 0 saturated carbocycles. The summed E-state index contributed by atoms with van der Waals surface area (Å²) >= 11 is 1.57. The van der Waals surface area contributed by atoms with Gasteiger partial charge in [0.2, 0.25) is 5.16 Å². The molecule has 0 aliphatic carbocycles. The highest BCUT2D eigenvalue weighted by Crippen LogP contribution is 2.21. The summed E-state index contributed by atoms with van der Waals surface area (Å²) in [6.07, 6.45) is 3.14. The van der Waals surface area contributed by atoms with Crippen LogP contribution in [0, 0.1) is 6.92 Å². The van der Waals surface area contributed by atoms with Crippen LogP contribution in [0.1, 0.15) is 16.7 Å². The SMILES string of the molecule is Cc1ccc(CSc2nncn2N=Cc2ccccc2O)cc1. The third-order valence-corrected chi connectivity index (χ3v) is 4.25. The highest BCUT2D eigenvalue weighted by atomic mass is 32.2. The first kappa shape index (κ1) is 15.3. The lowest BCUT2D eigenvalue weighted by Crippen LogP contribution is -1.93. The topological polar surface area (TPSA) is 63.3 Å². The van der Waals surface area contributed by atoms with E-state index in [1.54, 1.807) is 47.2 Å². The Hall–Kier alpha value is -2.60. The molecule has 116 valence electrons. The van der Waals surface area contributed by atoms with E-state index < -0.39 is 0 Å². The number of hydrogen-bond acceptors (Lipinski definition) is 5. The number of rotatable bonds is 5. The number of thioether (sulfide) groups is 1. The average molecular weight is 324 g/mol. The number of benzene rings is 2. The quantitative estimate of drug-likeness (QED) is 0.576. The molecule has 0 spiro atoms. The molecule has 2 aromatic carbocycles. The molecule has 23 heavy (non-hydrogen) atoms. The summed E-state index contributed by atoms with van der Waals surface area (Å²) in [5.74, 6) is 0.989. The minimum Gasteiger partial charge on any atom is -0.507 e. The summed E-state index contributed by atoms with van der Waals surface area (Å²) in [7, 11) is 0. The molecule has 0 aliphatic rings. The van der Waals surface area contributed by atoms with Crippen LogP contribution in [0.4, 0.5) is 0 Å². The van der Waals surface area contributed by atoms with Gasteiger partial charge >= 0.3 is 0 Å². The van der Waals surface area contributed by atoms with E-state index in [0.717, 1.165) is 5.75 Å². The van der Waals surface area contributed by atoms with Gasteiger partial charge in [0.1, 0.15) is 12.1 Å². The molecule has 6 heteroatoms. The molecular weight excluding hydrogens is 308 g/mol. The second-order valence-corrected chi connectivity index (χ2v) is 5.98. The number of phenolic OH excluding ortho intramolecular Hbond substituents is 1. The van der Waals surface area contributed by atoms with Crippen molar-refractivity contribution >= 4 is 18.0 Å². The number of phenols is 1. The molecule has 1 aromatic heterocycles. The van der Waals surface area contributed by atoms with E-state index in [1.807, 2.05) is 6.07 Å². The third kappa shape index (κ3) is 3.98. The number of hydrogen-bond donors (Lipinski definition) is 1. The predicted octanol–water partition coefficient (Wildman–Crippen LogP) is 3.47. The first-order valence-electron chi connectivity index (χ1n) is 7.13. The lowest BCUT2D eigenvalue weighted by Gasteiger charge is -2.02. The van der Waals surface area contributed by atoms with E-state index in [9.17, 15) is 5.11 Å². The van der Waals surface area contributed by atoms with Crippen molar-refractivity contribution in [3.05, 3.63) is 71.5 Å². The zero-order valence-electron chi connectivity index (χ0n) is 12.6. The van der Waals surface area contributed by atoms with Gasteiger partial charge in [0, 0.05) is 11.3 Å². The smallest absolute Gasteiger partial charge is 0.212 e. The van der Waals surface area contributed by atoms with E-state index in [1.165, 1.54) is 11.1 Å². The maximum Gasteiger partial charge on any atom is 0.212 e. The minimum atomic E-state index is 0.193. The van der Waals surface area contributed by atoms with Crippen LogP contribution in [0.2, 0.25) is 0 Å². The Balaban J connectivity index is 1.70. The van der Waals surface area contributed by atoms with E-state index >= 15 is 0 Å². The monoisotopic (exact) mass is 324 g/mol. The fourth-order valence-electron chi connectivity index (χ4n) is 1.95. The summed E-state index contributed by atoms with van der Waals surface area (Å²) < 4.78 is 1.60. The molecule has 3 aromatic rings. The van der Waals surface area contributed by atoms with Gasteiger partial charge < -0.3 is 5.11 Å². The molecule has 0 unspecified atom stereocenters. The highest BCUT2D eigenvalue weighted by Gasteiger charge is 2.05. The highest BCUT2D eigenvalue weighted by molar-refractivity contribution is 7.98. The standard InChI is InChI=1S/C17H16N4OS/c1-13-6-8-14(9-7-13)11-23-17-20-18-12-21(17)19-10-15-4-2-3-5-16(15)22/h2-10,12,22H,11H2,1H3. The van der Waals surface area contributed by atoms with Crippen LogP contribution in [0.25, 0.3) is 0 Å². The Labute approximate surface area is 138 Å². The van der Waals surface area contributed by atoms with Crippen molar-refractivity contribution < 1.29 is 5.11 Å². The van der Waals surface area contributed by atoms with E-state index in [-0.39, 0.29) is 5.75 Å². The fourth-order valence-corrected chi connectivity index (χ4v) is 2.77. The number of para-hydroxylation sites is 1. The molecule has 1 N–H and O–H groups in total. The van der Waals surface area contributed by atoms with Gasteiger partial charge in [-0.1, -0.05) is 53.7 Å². The maximum atomic E-state index is 9.75. The Morgan fingerprint density at radius 1 is 1.17 bits per heavy atom. The normalized spacial score (nSPS) is 11.2. The summed E-state index contributed by atoms with van der Waals surface area (Å²) in [5, 5.41) is 22.7. The molecular formula is C17H16N4OS. The molecule has 1 heterocycles. The largest absolute Gasteiger partial charge is 0.507 e. The zero-order valence-corrected chi connectivity index (χ0v) is 13.4. The van der Waals surface area contributed by atoms with E-state index in [2.05, 4.69) is 46.5 Å². The van der Waals surface area contributed by atoms with Crippen LogP contribution in [-0.2, 0) is 5.75 Å². The fraction of sp³-hybridized carbons (Fsp3) is 0.118. The van der Waals surface area contributed by atoms with Crippen molar-refractivity contribution in [1.29, 1.82) is 0 Å². The first-order valence-corrected chi connectivity index (χ1v) is 8.11. The van der Waals surface area contributed by atoms with Crippen LogP contribution >= 0.6 is 11.8 Å². The molecule has 0 atom stereocenters. The summed E-state index contributed by atoms with van der Waals surface area (Å²) in [4.78, 5) is 0. The first-order chi connectivity index (χ1) is 11.2. The van der Waals surface area contributed by atoms with E-state index in [0.29, 0.717) is 10.7 Å². The van der Waals surface area contributed by atoms with Gasteiger partial charge in [0.15, 0.2) is 0 Å². The molecule has 0 bridgehead atoms. The predicted molar refractivity (Wildman–Crippen MR) is 91.9 cm³/mol.